The lowest BCUT2D eigenvalue weighted by molar-refractivity contribution is -0.141. The first-order chi connectivity index (χ1) is 16.7. The summed E-state index contributed by atoms with van der Waals surface area (Å²) < 4.78 is 46.2. The van der Waals surface area contributed by atoms with Gasteiger partial charge >= 0.3 is 12.3 Å². The highest BCUT2D eigenvalue weighted by molar-refractivity contribution is 6.32. The molecule has 0 aliphatic heterocycles. The van der Waals surface area contributed by atoms with Gasteiger partial charge in [0, 0.05) is 17.8 Å². The number of benzene rings is 2. The zero-order valence-electron chi connectivity index (χ0n) is 17.8. The van der Waals surface area contributed by atoms with Gasteiger partial charge in [-0.25, -0.2) is 14.5 Å². The van der Waals surface area contributed by atoms with Crippen molar-refractivity contribution in [3.8, 4) is 5.82 Å². The van der Waals surface area contributed by atoms with Crippen molar-refractivity contribution in [2.24, 2.45) is 0 Å². The molecule has 2 N–H and O–H groups in total. The smallest absolute Gasteiger partial charge is 0.435 e. The van der Waals surface area contributed by atoms with Gasteiger partial charge in [-0.05, 0) is 23.6 Å². The monoisotopic (exact) mass is 503 g/mol. The van der Waals surface area contributed by atoms with Crippen molar-refractivity contribution < 1.29 is 27.5 Å². The molecule has 0 bridgehead atoms. The highest BCUT2D eigenvalue weighted by Gasteiger charge is 2.39. The predicted molar refractivity (Wildman–Crippen MR) is 123 cm³/mol. The second-order valence-electron chi connectivity index (χ2n) is 7.19. The van der Waals surface area contributed by atoms with E-state index < -0.39 is 29.4 Å². The van der Waals surface area contributed by atoms with Crippen molar-refractivity contribution in [1.29, 1.82) is 0 Å². The molecule has 180 valence electrons. The molecule has 0 aliphatic carbocycles. The number of fused-ring (bicyclic) bond motifs is 1. The quantitative estimate of drug-likeness (QED) is 0.358. The number of pyridine rings is 1. The summed E-state index contributed by atoms with van der Waals surface area (Å²) in [7, 11) is 0. The summed E-state index contributed by atoms with van der Waals surface area (Å²) in [6.45, 7) is -0.501. The lowest BCUT2D eigenvalue weighted by Crippen LogP contribution is -2.30. The summed E-state index contributed by atoms with van der Waals surface area (Å²) in [5.41, 5.74) is -1.58. The van der Waals surface area contributed by atoms with E-state index in [1.54, 1.807) is 12.1 Å². The Morgan fingerprint density at radius 2 is 1.83 bits per heavy atom. The van der Waals surface area contributed by atoms with Crippen LogP contribution in [0.4, 0.5) is 23.7 Å². The molecule has 4 aromatic rings. The van der Waals surface area contributed by atoms with Crippen LogP contribution in [-0.4, -0.2) is 39.9 Å². The molecule has 0 fully saturated rings. The fourth-order valence-corrected chi connectivity index (χ4v) is 3.50. The standard InChI is InChI=1S/C23H17ClF3N5O3/c24-17-8-4-10-28-20(17)32-13-16(19(31-32)23(25,26)27)21(33)29-11-12-35-22(34)30-18-9-3-6-14-5-1-2-7-15(14)18/h1-10,13H,11-12H2,(H,29,33)(H,30,34). The molecule has 0 saturated carbocycles. The Bertz CT molecular complexity index is 1390. The van der Waals surface area contributed by atoms with E-state index in [4.69, 9.17) is 16.3 Å². The zero-order chi connectivity index (χ0) is 25.0. The number of nitrogens with one attached hydrogen (secondary N) is 2. The van der Waals surface area contributed by atoms with Gasteiger partial charge < -0.3 is 10.1 Å². The molecular weight excluding hydrogens is 487 g/mol. The van der Waals surface area contributed by atoms with Crippen molar-refractivity contribution >= 4 is 40.1 Å². The summed E-state index contributed by atoms with van der Waals surface area (Å²) in [4.78, 5) is 28.5. The highest BCUT2D eigenvalue weighted by atomic mass is 35.5. The van der Waals surface area contributed by atoms with Gasteiger partial charge in [0.15, 0.2) is 11.5 Å². The third-order valence-electron chi connectivity index (χ3n) is 4.83. The van der Waals surface area contributed by atoms with Gasteiger partial charge in [-0.1, -0.05) is 48.0 Å². The fraction of sp³-hybridized carbons (Fsp3) is 0.130. The van der Waals surface area contributed by atoms with Crippen molar-refractivity contribution in [2.45, 2.75) is 6.18 Å². The minimum atomic E-state index is -4.89. The Hall–Kier alpha value is -4.12. The van der Waals surface area contributed by atoms with Crippen molar-refractivity contribution in [2.75, 3.05) is 18.5 Å². The molecular formula is C23H17ClF3N5O3. The fourth-order valence-electron chi connectivity index (χ4n) is 3.29. The van der Waals surface area contributed by atoms with E-state index in [0.717, 1.165) is 21.7 Å². The second-order valence-corrected chi connectivity index (χ2v) is 7.59. The molecule has 0 spiro atoms. The van der Waals surface area contributed by atoms with Gasteiger partial charge in [0.2, 0.25) is 0 Å². The van der Waals surface area contributed by atoms with E-state index >= 15 is 0 Å². The second kappa shape index (κ2) is 10.0. The van der Waals surface area contributed by atoms with Crippen LogP contribution in [0, 0.1) is 0 Å². The Labute approximate surface area is 201 Å². The van der Waals surface area contributed by atoms with Gasteiger partial charge in [-0.3, -0.25) is 10.1 Å². The number of alkyl halides is 3. The molecule has 4 rings (SSSR count). The zero-order valence-corrected chi connectivity index (χ0v) is 18.6. The molecule has 2 aromatic heterocycles. The van der Waals surface area contributed by atoms with Gasteiger partial charge in [0.1, 0.15) is 6.61 Å². The average molecular weight is 504 g/mol. The third-order valence-corrected chi connectivity index (χ3v) is 5.13. The first kappa shape index (κ1) is 24.0. The molecule has 2 heterocycles. The van der Waals surface area contributed by atoms with E-state index in [-0.39, 0.29) is 24.0 Å². The minimum Gasteiger partial charge on any atom is -0.447 e. The van der Waals surface area contributed by atoms with E-state index in [0.29, 0.717) is 5.69 Å². The SMILES string of the molecule is O=C(Nc1cccc2ccccc12)OCCNC(=O)c1cn(-c2ncccc2Cl)nc1C(F)(F)F. The van der Waals surface area contributed by atoms with Crippen LogP contribution < -0.4 is 10.6 Å². The van der Waals surface area contributed by atoms with Crippen LogP contribution in [0.2, 0.25) is 5.02 Å². The molecule has 0 unspecified atom stereocenters. The Balaban J connectivity index is 1.38. The number of rotatable bonds is 6. The summed E-state index contributed by atoms with van der Waals surface area (Å²) in [6.07, 6.45) is -3.45. The number of halogens is 4. The van der Waals surface area contributed by atoms with Crippen LogP contribution in [0.1, 0.15) is 16.1 Å². The predicted octanol–water partition coefficient (Wildman–Crippen LogP) is 5.07. The molecule has 2 amide bonds. The number of hydrogen-bond acceptors (Lipinski definition) is 5. The highest BCUT2D eigenvalue weighted by Crippen LogP contribution is 2.32. The topological polar surface area (TPSA) is 98.1 Å². The Morgan fingerprint density at radius 1 is 1.06 bits per heavy atom. The largest absolute Gasteiger partial charge is 0.447 e. The van der Waals surface area contributed by atoms with Crippen LogP contribution in [0.25, 0.3) is 16.6 Å². The number of aromatic nitrogens is 3. The van der Waals surface area contributed by atoms with Crippen LogP contribution in [0.5, 0.6) is 0 Å². The Morgan fingerprint density at radius 3 is 2.60 bits per heavy atom. The third kappa shape index (κ3) is 5.52. The number of hydrogen-bond donors (Lipinski definition) is 2. The maximum atomic E-state index is 13.5. The molecule has 0 saturated heterocycles. The lowest BCUT2D eigenvalue weighted by Gasteiger charge is -2.10. The van der Waals surface area contributed by atoms with Gasteiger partial charge in [0.25, 0.3) is 5.91 Å². The van der Waals surface area contributed by atoms with E-state index in [1.165, 1.54) is 18.3 Å². The summed E-state index contributed by atoms with van der Waals surface area (Å²) in [5, 5.41) is 10.1. The molecule has 2 aromatic carbocycles. The molecule has 0 radical (unpaired) electrons. The molecule has 0 atom stereocenters. The molecule has 12 heteroatoms. The number of nitrogens with zero attached hydrogens (tertiary/aromatic N) is 3. The van der Waals surface area contributed by atoms with Gasteiger partial charge in [-0.15, -0.1) is 0 Å². The average Bonchev–Trinajstić information content (AvgIpc) is 3.28. The van der Waals surface area contributed by atoms with Crippen LogP contribution >= 0.6 is 11.6 Å². The van der Waals surface area contributed by atoms with Crippen LogP contribution in [0.15, 0.2) is 67.0 Å². The summed E-state index contributed by atoms with van der Waals surface area (Å²) in [6, 6.07) is 15.7. The molecule has 8 nitrogen and oxygen atoms in total. The van der Waals surface area contributed by atoms with Crippen molar-refractivity contribution in [3.05, 3.63) is 83.3 Å². The lowest BCUT2D eigenvalue weighted by atomic mass is 10.1. The van der Waals surface area contributed by atoms with Crippen molar-refractivity contribution in [3.63, 3.8) is 0 Å². The van der Waals surface area contributed by atoms with Crippen LogP contribution in [0.3, 0.4) is 0 Å². The maximum Gasteiger partial charge on any atom is 0.435 e. The number of amides is 2. The van der Waals surface area contributed by atoms with E-state index in [9.17, 15) is 22.8 Å². The number of ether oxygens (including phenoxy) is 1. The normalized spacial score (nSPS) is 11.3. The maximum absolute atomic E-state index is 13.5. The van der Waals surface area contributed by atoms with Crippen molar-refractivity contribution in [1.82, 2.24) is 20.1 Å². The number of carbonyl (C=O) groups is 2. The van der Waals surface area contributed by atoms with E-state index in [1.807, 2.05) is 30.3 Å². The van der Waals surface area contributed by atoms with Crippen LogP contribution in [-0.2, 0) is 10.9 Å². The van der Waals surface area contributed by atoms with Gasteiger partial charge in [-0.2, -0.15) is 18.3 Å². The first-order valence-electron chi connectivity index (χ1n) is 10.2. The number of anilines is 1. The molecule has 35 heavy (non-hydrogen) atoms. The Kier molecular flexibility index (Phi) is 6.87. The van der Waals surface area contributed by atoms with E-state index in [2.05, 4.69) is 20.7 Å². The first-order valence-corrected chi connectivity index (χ1v) is 10.6. The minimum absolute atomic E-state index is 0.0567. The number of carbonyl (C=O) groups excluding carboxylic acids is 2. The van der Waals surface area contributed by atoms with Gasteiger partial charge in [0.05, 0.1) is 22.8 Å². The molecule has 0 aliphatic rings. The summed E-state index contributed by atoms with van der Waals surface area (Å²) >= 11 is 5.98. The summed E-state index contributed by atoms with van der Waals surface area (Å²) in [5.74, 6) is -1.11.